The minimum atomic E-state index is -0.221. The van der Waals surface area contributed by atoms with Gasteiger partial charge in [0, 0.05) is 19.1 Å². The molecule has 1 atom stereocenters. The number of fused-ring (bicyclic) bond motifs is 1. The lowest BCUT2D eigenvalue weighted by Crippen LogP contribution is -2.42. The summed E-state index contributed by atoms with van der Waals surface area (Å²) in [7, 11) is 0. The first kappa shape index (κ1) is 19.8. The lowest BCUT2D eigenvalue weighted by atomic mass is 9.97. The normalized spacial score (nSPS) is 17.9. The molecule has 2 heterocycles. The fraction of sp³-hybridized carbons (Fsp3) is 0.417. The number of piperidine rings is 1. The van der Waals surface area contributed by atoms with Crippen molar-refractivity contribution in [3.05, 3.63) is 64.5 Å². The Kier molecular flexibility index (Phi) is 5.50. The maximum absolute atomic E-state index is 13.6. The van der Waals surface area contributed by atoms with Crippen LogP contribution in [0.4, 0.5) is 4.39 Å². The van der Waals surface area contributed by atoms with E-state index in [1.54, 1.807) is 23.9 Å². The van der Waals surface area contributed by atoms with Gasteiger partial charge in [0.05, 0.1) is 17.2 Å². The van der Waals surface area contributed by atoms with Crippen LogP contribution in [0.5, 0.6) is 0 Å². The highest BCUT2D eigenvalue weighted by atomic mass is 19.1. The van der Waals surface area contributed by atoms with Crippen LogP contribution in [0.3, 0.4) is 0 Å². The molecule has 2 aromatic carbocycles. The number of nitrogens with zero attached hydrogens (tertiary/aromatic N) is 3. The molecule has 152 valence electrons. The monoisotopic (exact) mass is 393 g/mol. The number of aryl methyl sites for hydroxylation is 1. The number of hydrogen-bond donors (Lipinski definition) is 0. The quantitative estimate of drug-likeness (QED) is 0.649. The van der Waals surface area contributed by atoms with E-state index in [0.29, 0.717) is 35.0 Å². The van der Waals surface area contributed by atoms with Gasteiger partial charge in [-0.1, -0.05) is 12.1 Å². The molecule has 1 aromatic heterocycles. The van der Waals surface area contributed by atoms with E-state index in [0.717, 1.165) is 30.6 Å². The summed E-state index contributed by atoms with van der Waals surface area (Å²) in [6, 6.07) is 11.3. The van der Waals surface area contributed by atoms with E-state index in [2.05, 4.69) is 23.7 Å². The molecule has 1 fully saturated rings. The van der Waals surface area contributed by atoms with Crippen molar-refractivity contribution in [2.24, 2.45) is 5.92 Å². The molecule has 29 heavy (non-hydrogen) atoms. The third-order valence-corrected chi connectivity index (χ3v) is 6.05. The van der Waals surface area contributed by atoms with E-state index in [4.69, 9.17) is 0 Å². The Hall–Kier alpha value is -2.53. The molecule has 0 N–H and O–H groups in total. The lowest BCUT2D eigenvalue weighted by Gasteiger charge is -2.35. The van der Waals surface area contributed by atoms with E-state index in [1.807, 2.05) is 24.3 Å². The highest BCUT2D eigenvalue weighted by molar-refractivity contribution is 5.83. The number of aromatic nitrogens is 2. The largest absolute Gasteiger partial charge is 0.301 e. The first-order chi connectivity index (χ1) is 13.9. The number of likely N-dealkylation sites (tertiary alicyclic amines) is 1. The van der Waals surface area contributed by atoms with Gasteiger partial charge in [-0.3, -0.25) is 9.36 Å². The zero-order valence-electron chi connectivity index (χ0n) is 17.4. The molecule has 0 amide bonds. The summed E-state index contributed by atoms with van der Waals surface area (Å²) < 4.78 is 15.4. The van der Waals surface area contributed by atoms with Gasteiger partial charge in [-0.25, -0.2) is 9.37 Å². The van der Waals surface area contributed by atoms with Crippen molar-refractivity contribution in [1.82, 2.24) is 14.5 Å². The smallest absolute Gasteiger partial charge is 0.261 e. The maximum atomic E-state index is 13.6. The molecule has 1 saturated heterocycles. The second-order valence-electron chi connectivity index (χ2n) is 8.49. The van der Waals surface area contributed by atoms with Gasteiger partial charge in [-0.05, 0) is 87.0 Å². The van der Waals surface area contributed by atoms with Crippen LogP contribution < -0.4 is 5.56 Å². The molecule has 1 aliphatic heterocycles. The van der Waals surface area contributed by atoms with Gasteiger partial charge in [0.25, 0.3) is 5.56 Å². The number of hydrogen-bond acceptors (Lipinski definition) is 3. The standard InChI is InChI=1S/C24H28FN3O/c1-16(2)27-10-4-5-18(13-27)14-28-15-26-23-9-7-20(12-21(23)24(28)29)19-6-8-22(25)17(3)11-19/h6-9,11-12,15-16,18H,4-5,10,13-14H2,1-3H3/t18-/m0/s1. The maximum Gasteiger partial charge on any atom is 0.261 e. The molecule has 0 aliphatic carbocycles. The molecular weight excluding hydrogens is 365 g/mol. The predicted octanol–water partition coefficient (Wildman–Crippen LogP) is 4.63. The first-order valence-electron chi connectivity index (χ1n) is 10.4. The molecule has 0 saturated carbocycles. The summed E-state index contributed by atoms with van der Waals surface area (Å²) in [5.74, 6) is 0.243. The molecule has 5 heteroatoms. The Morgan fingerprint density at radius 3 is 2.69 bits per heavy atom. The zero-order valence-corrected chi connectivity index (χ0v) is 17.4. The van der Waals surface area contributed by atoms with Crippen molar-refractivity contribution in [3.8, 4) is 11.1 Å². The highest BCUT2D eigenvalue weighted by Gasteiger charge is 2.22. The minimum Gasteiger partial charge on any atom is -0.301 e. The van der Waals surface area contributed by atoms with Crippen molar-refractivity contribution in [3.63, 3.8) is 0 Å². The average Bonchev–Trinajstić information content (AvgIpc) is 2.72. The molecule has 1 aliphatic rings. The van der Waals surface area contributed by atoms with Gasteiger partial charge in [0.2, 0.25) is 0 Å². The Bertz CT molecular complexity index is 1090. The Morgan fingerprint density at radius 2 is 1.93 bits per heavy atom. The SMILES string of the molecule is Cc1cc(-c2ccc3ncn(C[C@H]4CCCN(C(C)C)C4)c(=O)c3c2)ccc1F. The van der Waals surface area contributed by atoms with Gasteiger partial charge >= 0.3 is 0 Å². The van der Waals surface area contributed by atoms with E-state index < -0.39 is 0 Å². The van der Waals surface area contributed by atoms with Crippen LogP contribution in [0.1, 0.15) is 32.3 Å². The molecule has 4 nitrogen and oxygen atoms in total. The highest BCUT2D eigenvalue weighted by Crippen LogP contribution is 2.25. The number of halogens is 1. The van der Waals surface area contributed by atoms with Crippen LogP contribution in [-0.2, 0) is 6.54 Å². The summed E-state index contributed by atoms with van der Waals surface area (Å²) in [4.78, 5) is 20.2. The number of benzene rings is 2. The number of rotatable bonds is 4. The fourth-order valence-corrected chi connectivity index (χ4v) is 4.29. The zero-order chi connectivity index (χ0) is 20.5. The van der Waals surface area contributed by atoms with Crippen molar-refractivity contribution in [2.75, 3.05) is 13.1 Å². The van der Waals surface area contributed by atoms with Crippen LogP contribution in [0, 0.1) is 18.7 Å². The molecule has 0 spiro atoms. The third kappa shape index (κ3) is 4.10. The van der Waals surface area contributed by atoms with E-state index in [-0.39, 0.29) is 11.4 Å². The van der Waals surface area contributed by atoms with Gasteiger partial charge in [0.1, 0.15) is 5.82 Å². The summed E-state index contributed by atoms with van der Waals surface area (Å²) in [6.45, 7) is 9.07. The second kappa shape index (κ2) is 8.07. The summed E-state index contributed by atoms with van der Waals surface area (Å²) in [5, 5.41) is 0.614. The Morgan fingerprint density at radius 1 is 1.17 bits per heavy atom. The van der Waals surface area contributed by atoms with Crippen LogP contribution in [0.2, 0.25) is 0 Å². The Labute approximate surface area is 171 Å². The predicted molar refractivity (Wildman–Crippen MR) is 116 cm³/mol. The summed E-state index contributed by atoms with van der Waals surface area (Å²) in [5.41, 5.74) is 3.10. The Balaban J connectivity index is 1.65. The van der Waals surface area contributed by atoms with Crippen molar-refractivity contribution < 1.29 is 4.39 Å². The van der Waals surface area contributed by atoms with E-state index in [1.165, 1.54) is 12.5 Å². The average molecular weight is 394 g/mol. The fourth-order valence-electron chi connectivity index (χ4n) is 4.29. The molecule has 4 rings (SSSR count). The first-order valence-corrected chi connectivity index (χ1v) is 10.4. The third-order valence-electron chi connectivity index (χ3n) is 6.05. The van der Waals surface area contributed by atoms with Crippen LogP contribution in [-0.4, -0.2) is 33.6 Å². The molecule has 0 unspecified atom stereocenters. The van der Waals surface area contributed by atoms with Crippen molar-refractivity contribution in [2.45, 2.75) is 46.2 Å². The second-order valence-corrected chi connectivity index (χ2v) is 8.49. The van der Waals surface area contributed by atoms with Crippen LogP contribution in [0.25, 0.3) is 22.0 Å². The van der Waals surface area contributed by atoms with Gasteiger partial charge in [-0.2, -0.15) is 0 Å². The molecular formula is C24H28FN3O. The van der Waals surface area contributed by atoms with Gasteiger partial charge in [0.15, 0.2) is 0 Å². The van der Waals surface area contributed by atoms with Crippen LogP contribution >= 0.6 is 0 Å². The van der Waals surface area contributed by atoms with Crippen molar-refractivity contribution >= 4 is 10.9 Å². The molecule has 0 radical (unpaired) electrons. The summed E-state index contributed by atoms with van der Waals surface area (Å²) >= 11 is 0. The topological polar surface area (TPSA) is 38.1 Å². The van der Waals surface area contributed by atoms with E-state index in [9.17, 15) is 9.18 Å². The van der Waals surface area contributed by atoms with Crippen molar-refractivity contribution in [1.29, 1.82) is 0 Å². The molecule has 0 bridgehead atoms. The lowest BCUT2D eigenvalue weighted by molar-refractivity contribution is 0.130. The van der Waals surface area contributed by atoms with Crippen LogP contribution in [0.15, 0.2) is 47.5 Å². The van der Waals surface area contributed by atoms with E-state index >= 15 is 0 Å². The van der Waals surface area contributed by atoms with Gasteiger partial charge in [-0.15, -0.1) is 0 Å². The molecule has 3 aromatic rings. The van der Waals surface area contributed by atoms with Gasteiger partial charge < -0.3 is 4.90 Å². The minimum absolute atomic E-state index is 0.00245. The summed E-state index contributed by atoms with van der Waals surface area (Å²) in [6.07, 6.45) is 4.00.